The number of aromatic amines is 1. The van der Waals surface area contributed by atoms with Crippen molar-refractivity contribution in [2.45, 2.75) is 32.4 Å². The van der Waals surface area contributed by atoms with Crippen LogP contribution in [0.4, 0.5) is 0 Å². The number of aliphatic carboxylic acids is 1. The molecule has 4 heteroatoms. The molecule has 1 aliphatic heterocycles. The van der Waals surface area contributed by atoms with Crippen LogP contribution in [-0.4, -0.2) is 33.5 Å². The van der Waals surface area contributed by atoms with Gasteiger partial charge in [0.2, 0.25) is 0 Å². The molecule has 1 atom stereocenters. The smallest absolute Gasteiger partial charge is 0.320 e. The first-order valence-corrected chi connectivity index (χ1v) is 6.70. The first kappa shape index (κ1) is 12.2. The second-order valence-corrected chi connectivity index (χ2v) is 5.24. The summed E-state index contributed by atoms with van der Waals surface area (Å²) in [6, 6.07) is 7.87. The Bertz CT molecular complexity index is 618. The molecule has 2 heterocycles. The van der Waals surface area contributed by atoms with E-state index in [1.165, 1.54) is 10.9 Å². The Morgan fingerprint density at radius 2 is 2.26 bits per heavy atom. The Labute approximate surface area is 112 Å². The Kier molecular flexibility index (Phi) is 3.03. The molecule has 0 aliphatic carbocycles. The Hall–Kier alpha value is -1.81. The quantitative estimate of drug-likeness (QED) is 0.889. The van der Waals surface area contributed by atoms with Gasteiger partial charge in [-0.05, 0) is 37.9 Å². The fourth-order valence-corrected chi connectivity index (χ4v) is 3.04. The standard InChI is InChI=1S/C15H18N2O2/c1-10-12(11-5-2-3-6-13(11)16-10)9-17-8-4-7-14(17)15(18)19/h2-3,5-6,14,16H,4,7-9H2,1H3,(H,18,19). The largest absolute Gasteiger partial charge is 0.480 e. The van der Waals surface area contributed by atoms with Gasteiger partial charge in [-0.25, -0.2) is 0 Å². The molecular weight excluding hydrogens is 240 g/mol. The lowest BCUT2D eigenvalue weighted by Crippen LogP contribution is -2.35. The predicted octanol–water partition coefficient (Wildman–Crippen LogP) is 2.53. The van der Waals surface area contributed by atoms with E-state index in [9.17, 15) is 9.90 Å². The zero-order chi connectivity index (χ0) is 13.4. The van der Waals surface area contributed by atoms with E-state index < -0.39 is 5.97 Å². The van der Waals surface area contributed by atoms with Crippen LogP contribution in [0.1, 0.15) is 24.1 Å². The van der Waals surface area contributed by atoms with E-state index in [1.807, 2.05) is 12.1 Å². The highest BCUT2D eigenvalue weighted by Crippen LogP contribution is 2.27. The zero-order valence-electron chi connectivity index (χ0n) is 11.0. The number of nitrogens with zero attached hydrogens (tertiary/aromatic N) is 1. The zero-order valence-corrected chi connectivity index (χ0v) is 11.0. The van der Waals surface area contributed by atoms with Crippen LogP contribution in [-0.2, 0) is 11.3 Å². The predicted molar refractivity (Wildman–Crippen MR) is 74.1 cm³/mol. The first-order chi connectivity index (χ1) is 9.16. The van der Waals surface area contributed by atoms with E-state index in [2.05, 4.69) is 28.9 Å². The minimum atomic E-state index is -0.699. The molecule has 0 saturated carbocycles. The molecule has 0 radical (unpaired) electrons. The van der Waals surface area contributed by atoms with Gasteiger partial charge in [0, 0.05) is 23.1 Å². The van der Waals surface area contributed by atoms with Crippen molar-refractivity contribution in [1.29, 1.82) is 0 Å². The number of aryl methyl sites for hydroxylation is 1. The number of H-pyrrole nitrogens is 1. The van der Waals surface area contributed by atoms with Gasteiger partial charge in [-0.2, -0.15) is 0 Å². The molecule has 1 fully saturated rings. The van der Waals surface area contributed by atoms with E-state index >= 15 is 0 Å². The second-order valence-electron chi connectivity index (χ2n) is 5.24. The van der Waals surface area contributed by atoms with Crippen LogP contribution < -0.4 is 0 Å². The minimum absolute atomic E-state index is 0.326. The molecule has 100 valence electrons. The Morgan fingerprint density at radius 3 is 3.05 bits per heavy atom. The summed E-state index contributed by atoms with van der Waals surface area (Å²) in [7, 11) is 0. The third-order valence-corrected chi connectivity index (χ3v) is 4.04. The van der Waals surface area contributed by atoms with Gasteiger partial charge in [0.25, 0.3) is 0 Å². The summed E-state index contributed by atoms with van der Waals surface area (Å²) in [5, 5.41) is 10.5. The fraction of sp³-hybridized carbons (Fsp3) is 0.400. The highest BCUT2D eigenvalue weighted by Gasteiger charge is 2.31. The molecule has 4 nitrogen and oxygen atoms in total. The highest BCUT2D eigenvalue weighted by molar-refractivity contribution is 5.84. The third kappa shape index (κ3) is 2.12. The van der Waals surface area contributed by atoms with Crippen LogP contribution in [0.15, 0.2) is 24.3 Å². The number of nitrogens with one attached hydrogen (secondary N) is 1. The number of hydrogen-bond donors (Lipinski definition) is 2. The maximum Gasteiger partial charge on any atom is 0.320 e. The van der Waals surface area contributed by atoms with Crippen molar-refractivity contribution in [2.75, 3.05) is 6.54 Å². The Balaban J connectivity index is 1.93. The van der Waals surface area contributed by atoms with E-state index in [0.29, 0.717) is 6.54 Å². The van der Waals surface area contributed by atoms with Crippen LogP contribution in [0.2, 0.25) is 0 Å². The molecular formula is C15H18N2O2. The number of rotatable bonds is 3. The second kappa shape index (κ2) is 4.70. The average molecular weight is 258 g/mol. The number of fused-ring (bicyclic) bond motifs is 1. The van der Waals surface area contributed by atoms with Crippen molar-refractivity contribution in [3.05, 3.63) is 35.5 Å². The lowest BCUT2D eigenvalue weighted by molar-refractivity contribution is -0.142. The van der Waals surface area contributed by atoms with Crippen molar-refractivity contribution in [2.24, 2.45) is 0 Å². The number of aromatic nitrogens is 1. The molecule has 0 spiro atoms. The number of para-hydroxylation sites is 1. The summed E-state index contributed by atoms with van der Waals surface area (Å²) in [6.07, 6.45) is 1.73. The highest BCUT2D eigenvalue weighted by atomic mass is 16.4. The summed E-state index contributed by atoms with van der Waals surface area (Å²) in [4.78, 5) is 16.7. The van der Waals surface area contributed by atoms with Crippen LogP contribution in [0.5, 0.6) is 0 Å². The summed E-state index contributed by atoms with van der Waals surface area (Å²) >= 11 is 0. The lowest BCUT2D eigenvalue weighted by atomic mass is 10.1. The topological polar surface area (TPSA) is 56.3 Å². The van der Waals surface area contributed by atoms with Crippen molar-refractivity contribution < 1.29 is 9.90 Å². The maximum atomic E-state index is 11.2. The molecule has 1 aromatic carbocycles. The molecule has 19 heavy (non-hydrogen) atoms. The first-order valence-electron chi connectivity index (χ1n) is 6.70. The molecule has 1 unspecified atom stereocenters. The van der Waals surface area contributed by atoms with Gasteiger partial charge >= 0.3 is 5.97 Å². The number of benzene rings is 1. The van der Waals surface area contributed by atoms with E-state index in [0.717, 1.165) is 30.6 Å². The van der Waals surface area contributed by atoms with Crippen molar-refractivity contribution >= 4 is 16.9 Å². The summed E-state index contributed by atoms with van der Waals surface area (Å²) < 4.78 is 0. The van der Waals surface area contributed by atoms with Gasteiger partial charge in [0.1, 0.15) is 6.04 Å². The van der Waals surface area contributed by atoms with Gasteiger partial charge in [0.15, 0.2) is 0 Å². The summed E-state index contributed by atoms with van der Waals surface area (Å²) in [6.45, 7) is 3.64. The van der Waals surface area contributed by atoms with Crippen LogP contribution >= 0.6 is 0 Å². The van der Waals surface area contributed by atoms with Gasteiger partial charge in [-0.3, -0.25) is 9.69 Å². The number of likely N-dealkylation sites (tertiary alicyclic amines) is 1. The van der Waals surface area contributed by atoms with Crippen LogP contribution in [0.3, 0.4) is 0 Å². The van der Waals surface area contributed by atoms with Crippen LogP contribution in [0, 0.1) is 6.92 Å². The van der Waals surface area contributed by atoms with E-state index in [4.69, 9.17) is 0 Å². The molecule has 1 aliphatic rings. The molecule has 0 amide bonds. The number of hydrogen-bond acceptors (Lipinski definition) is 2. The SMILES string of the molecule is Cc1[nH]c2ccccc2c1CN1CCCC1C(=O)O. The monoisotopic (exact) mass is 258 g/mol. The van der Waals surface area contributed by atoms with Crippen LogP contribution in [0.25, 0.3) is 10.9 Å². The van der Waals surface area contributed by atoms with Crippen molar-refractivity contribution in [3.8, 4) is 0 Å². The summed E-state index contributed by atoms with van der Waals surface area (Å²) in [5.41, 5.74) is 3.49. The minimum Gasteiger partial charge on any atom is -0.480 e. The van der Waals surface area contributed by atoms with E-state index in [-0.39, 0.29) is 6.04 Å². The number of carboxylic acids is 1. The molecule has 0 bridgehead atoms. The third-order valence-electron chi connectivity index (χ3n) is 4.04. The molecule has 1 saturated heterocycles. The lowest BCUT2D eigenvalue weighted by Gasteiger charge is -2.21. The molecule has 2 aromatic rings. The molecule has 3 rings (SSSR count). The van der Waals surface area contributed by atoms with Gasteiger partial charge < -0.3 is 10.1 Å². The number of carboxylic acid groups (broad SMARTS) is 1. The van der Waals surface area contributed by atoms with E-state index in [1.54, 1.807) is 0 Å². The normalized spacial score (nSPS) is 20.2. The van der Waals surface area contributed by atoms with Crippen molar-refractivity contribution in [3.63, 3.8) is 0 Å². The van der Waals surface area contributed by atoms with Crippen molar-refractivity contribution in [1.82, 2.24) is 9.88 Å². The summed E-state index contributed by atoms with van der Waals surface area (Å²) in [5.74, 6) is -0.699. The van der Waals surface area contributed by atoms with Gasteiger partial charge in [-0.15, -0.1) is 0 Å². The average Bonchev–Trinajstić information content (AvgIpc) is 2.96. The van der Waals surface area contributed by atoms with Gasteiger partial charge in [0.05, 0.1) is 0 Å². The number of carbonyl (C=O) groups is 1. The maximum absolute atomic E-state index is 11.2. The van der Waals surface area contributed by atoms with Gasteiger partial charge in [-0.1, -0.05) is 18.2 Å². The molecule has 2 N–H and O–H groups in total. The molecule has 1 aromatic heterocycles. The Morgan fingerprint density at radius 1 is 1.47 bits per heavy atom. The fourth-order valence-electron chi connectivity index (χ4n) is 3.04.